The summed E-state index contributed by atoms with van der Waals surface area (Å²) in [5.74, 6) is 1.38. The van der Waals surface area contributed by atoms with Gasteiger partial charge in [-0.2, -0.15) is 11.8 Å². The van der Waals surface area contributed by atoms with Gasteiger partial charge in [-0.3, -0.25) is 9.20 Å². The molecule has 1 atom stereocenters. The van der Waals surface area contributed by atoms with Crippen LogP contribution in [0.1, 0.15) is 38.4 Å². The van der Waals surface area contributed by atoms with Gasteiger partial charge in [-0.15, -0.1) is 10.2 Å². The number of rotatable bonds is 4. The maximum absolute atomic E-state index is 12.7. The van der Waals surface area contributed by atoms with E-state index in [9.17, 15) is 4.79 Å². The lowest BCUT2D eigenvalue weighted by Gasteiger charge is -2.36. The van der Waals surface area contributed by atoms with Crippen molar-refractivity contribution in [3.63, 3.8) is 0 Å². The van der Waals surface area contributed by atoms with Crippen molar-refractivity contribution in [3.8, 4) is 0 Å². The molecule has 0 aliphatic carbocycles. The van der Waals surface area contributed by atoms with E-state index in [1.165, 1.54) is 0 Å². The maximum Gasteiger partial charge on any atom is 0.240 e. The molecule has 3 heterocycles. The number of hydrogen-bond donors (Lipinski definition) is 1. The molecule has 1 fully saturated rings. The van der Waals surface area contributed by atoms with E-state index in [1.54, 1.807) is 11.8 Å². The number of nitrogens with two attached hydrogens (primary N) is 1. The summed E-state index contributed by atoms with van der Waals surface area (Å²) in [7, 11) is 0. The smallest absolute Gasteiger partial charge is 0.240 e. The summed E-state index contributed by atoms with van der Waals surface area (Å²) in [6, 6.07) is 5.43. The summed E-state index contributed by atoms with van der Waals surface area (Å²) in [6.45, 7) is 5.50. The van der Waals surface area contributed by atoms with Gasteiger partial charge >= 0.3 is 0 Å². The highest BCUT2D eigenvalue weighted by Gasteiger charge is 2.36. The van der Waals surface area contributed by atoms with Crippen molar-refractivity contribution in [2.45, 2.75) is 43.4 Å². The third-order valence-electron chi connectivity index (χ3n) is 5.05. The SMILES string of the molecule is CSC(C)(C)[C@H](N)C(=O)N1CCC(c2nnc3ccccn23)CC1. The van der Waals surface area contributed by atoms with Crippen LogP contribution in [0.4, 0.5) is 0 Å². The van der Waals surface area contributed by atoms with Gasteiger partial charge < -0.3 is 10.6 Å². The molecule has 2 N–H and O–H groups in total. The van der Waals surface area contributed by atoms with Crippen molar-refractivity contribution in [2.24, 2.45) is 5.73 Å². The quantitative estimate of drug-likeness (QED) is 0.914. The molecule has 0 aromatic carbocycles. The molecule has 1 aliphatic rings. The lowest BCUT2D eigenvalue weighted by Crippen LogP contribution is -2.54. The largest absolute Gasteiger partial charge is 0.341 e. The monoisotopic (exact) mass is 347 g/mol. The normalized spacial score (nSPS) is 18.1. The molecular weight excluding hydrogens is 322 g/mol. The van der Waals surface area contributed by atoms with Crippen molar-refractivity contribution in [3.05, 3.63) is 30.2 Å². The average Bonchev–Trinajstić information content (AvgIpc) is 3.04. The van der Waals surface area contributed by atoms with Crippen molar-refractivity contribution in [1.29, 1.82) is 0 Å². The molecule has 2 aromatic rings. The summed E-state index contributed by atoms with van der Waals surface area (Å²) in [4.78, 5) is 14.6. The highest BCUT2D eigenvalue weighted by Crippen LogP contribution is 2.30. The van der Waals surface area contributed by atoms with Crippen LogP contribution >= 0.6 is 11.8 Å². The zero-order valence-corrected chi connectivity index (χ0v) is 15.3. The number of amides is 1. The third kappa shape index (κ3) is 3.15. The van der Waals surface area contributed by atoms with Crippen molar-refractivity contribution < 1.29 is 4.79 Å². The van der Waals surface area contributed by atoms with Crippen LogP contribution in [0, 0.1) is 0 Å². The first kappa shape index (κ1) is 17.2. The van der Waals surface area contributed by atoms with Gasteiger partial charge in [0, 0.05) is 30.0 Å². The number of pyridine rings is 1. The fourth-order valence-electron chi connectivity index (χ4n) is 3.12. The van der Waals surface area contributed by atoms with Crippen LogP contribution in [-0.2, 0) is 4.79 Å². The standard InChI is InChI=1S/C17H25N5OS/c1-17(2,24-3)14(18)16(23)21-10-7-12(8-11-21)15-20-19-13-6-4-5-9-22(13)15/h4-6,9,12,14H,7-8,10-11,18H2,1-3H3/t14-/m1/s1. The Balaban J connectivity index is 1.67. The minimum absolute atomic E-state index is 0.0545. The summed E-state index contributed by atoms with van der Waals surface area (Å²) >= 11 is 1.63. The molecule has 3 rings (SSSR count). The van der Waals surface area contributed by atoms with Gasteiger partial charge in [0.1, 0.15) is 5.82 Å². The Morgan fingerprint density at radius 3 is 2.71 bits per heavy atom. The topological polar surface area (TPSA) is 76.5 Å². The van der Waals surface area contributed by atoms with Crippen LogP contribution < -0.4 is 5.73 Å². The highest BCUT2D eigenvalue weighted by molar-refractivity contribution is 8.00. The Bertz CT molecular complexity index is 721. The van der Waals surface area contributed by atoms with Gasteiger partial charge in [0.2, 0.25) is 5.91 Å². The zero-order chi connectivity index (χ0) is 17.3. The van der Waals surface area contributed by atoms with Crippen molar-refractivity contribution >= 4 is 23.3 Å². The molecule has 0 spiro atoms. The number of fused-ring (bicyclic) bond motifs is 1. The van der Waals surface area contributed by atoms with E-state index in [1.807, 2.05) is 53.8 Å². The van der Waals surface area contributed by atoms with Gasteiger partial charge in [0.15, 0.2) is 5.65 Å². The van der Waals surface area contributed by atoms with Gasteiger partial charge in [0.05, 0.1) is 6.04 Å². The molecule has 1 amide bonds. The van der Waals surface area contributed by atoms with E-state index in [-0.39, 0.29) is 10.7 Å². The van der Waals surface area contributed by atoms with E-state index < -0.39 is 6.04 Å². The van der Waals surface area contributed by atoms with E-state index in [0.29, 0.717) is 5.92 Å². The fourth-order valence-corrected chi connectivity index (χ4v) is 3.47. The Morgan fingerprint density at radius 1 is 1.33 bits per heavy atom. The number of nitrogens with zero attached hydrogens (tertiary/aromatic N) is 4. The number of piperidine rings is 1. The number of thioether (sulfide) groups is 1. The molecule has 0 bridgehead atoms. The molecule has 1 saturated heterocycles. The van der Waals surface area contributed by atoms with Gasteiger partial charge in [-0.05, 0) is 45.1 Å². The first-order valence-corrected chi connectivity index (χ1v) is 9.55. The summed E-state index contributed by atoms with van der Waals surface area (Å²) in [5, 5.41) is 8.59. The molecule has 0 radical (unpaired) electrons. The minimum atomic E-state index is -0.474. The number of likely N-dealkylation sites (tertiary alicyclic amines) is 1. The van der Waals surface area contributed by atoms with Crippen LogP contribution in [0.2, 0.25) is 0 Å². The molecule has 7 heteroatoms. The molecule has 6 nitrogen and oxygen atoms in total. The second-order valence-corrected chi connectivity index (χ2v) is 8.33. The minimum Gasteiger partial charge on any atom is -0.341 e. The van der Waals surface area contributed by atoms with Crippen LogP contribution in [0.25, 0.3) is 5.65 Å². The molecular formula is C17H25N5OS. The number of hydrogen-bond acceptors (Lipinski definition) is 5. The fraction of sp³-hybridized carbons (Fsp3) is 0.588. The van der Waals surface area contributed by atoms with Crippen molar-refractivity contribution in [1.82, 2.24) is 19.5 Å². The second kappa shape index (κ2) is 6.72. The second-order valence-electron chi connectivity index (χ2n) is 6.87. The molecule has 2 aromatic heterocycles. The van der Waals surface area contributed by atoms with Gasteiger partial charge in [0.25, 0.3) is 0 Å². The summed E-state index contributed by atoms with van der Waals surface area (Å²) in [5.41, 5.74) is 7.07. The maximum atomic E-state index is 12.7. The first-order chi connectivity index (χ1) is 11.4. The summed E-state index contributed by atoms with van der Waals surface area (Å²) in [6.07, 6.45) is 5.79. The molecule has 0 saturated carbocycles. The molecule has 130 valence electrons. The Morgan fingerprint density at radius 2 is 2.04 bits per heavy atom. The van der Waals surface area contributed by atoms with E-state index in [4.69, 9.17) is 5.73 Å². The van der Waals surface area contributed by atoms with Gasteiger partial charge in [-0.25, -0.2) is 0 Å². The highest BCUT2D eigenvalue weighted by atomic mass is 32.2. The van der Waals surface area contributed by atoms with E-state index in [0.717, 1.165) is 37.4 Å². The number of aromatic nitrogens is 3. The Kier molecular flexibility index (Phi) is 4.83. The van der Waals surface area contributed by atoms with Crippen molar-refractivity contribution in [2.75, 3.05) is 19.3 Å². The predicted molar refractivity (Wildman–Crippen MR) is 97.1 cm³/mol. The van der Waals surface area contributed by atoms with Gasteiger partial charge in [-0.1, -0.05) is 6.07 Å². The lowest BCUT2D eigenvalue weighted by molar-refractivity contribution is -0.134. The predicted octanol–water partition coefficient (Wildman–Crippen LogP) is 1.90. The first-order valence-electron chi connectivity index (χ1n) is 8.33. The zero-order valence-electron chi connectivity index (χ0n) is 14.5. The summed E-state index contributed by atoms with van der Waals surface area (Å²) < 4.78 is 1.79. The lowest BCUT2D eigenvalue weighted by atomic mass is 9.94. The van der Waals surface area contributed by atoms with Crippen LogP contribution in [-0.4, -0.2) is 55.5 Å². The van der Waals surface area contributed by atoms with Crippen LogP contribution in [0.3, 0.4) is 0 Å². The number of carbonyl (C=O) groups excluding carboxylic acids is 1. The molecule has 24 heavy (non-hydrogen) atoms. The van der Waals surface area contributed by atoms with Crippen LogP contribution in [0.5, 0.6) is 0 Å². The third-order valence-corrected chi connectivity index (χ3v) is 6.36. The Hall–Kier alpha value is -1.60. The van der Waals surface area contributed by atoms with Crippen LogP contribution in [0.15, 0.2) is 24.4 Å². The van der Waals surface area contributed by atoms with E-state index >= 15 is 0 Å². The molecule has 0 unspecified atom stereocenters. The Labute approximate surface area is 146 Å². The van der Waals surface area contributed by atoms with E-state index in [2.05, 4.69) is 10.2 Å². The average molecular weight is 347 g/mol. The molecule has 1 aliphatic heterocycles. The number of carbonyl (C=O) groups is 1.